The van der Waals surface area contributed by atoms with E-state index in [0.717, 1.165) is 19.4 Å². The van der Waals surface area contributed by atoms with Crippen molar-refractivity contribution in [1.82, 2.24) is 14.8 Å². The Morgan fingerprint density at radius 1 is 1.42 bits per heavy atom. The zero-order valence-electron chi connectivity index (χ0n) is 11.1. The second-order valence-corrected chi connectivity index (χ2v) is 5.54. The molecule has 102 valence electrons. The SMILES string of the molecule is Cn1cccc1C(=O)N1C[C@H]2CCCC(=O)N[C@H]2C1. The van der Waals surface area contributed by atoms with Gasteiger partial charge in [0.1, 0.15) is 5.69 Å². The minimum absolute atomic E-state index is 0.0647. The van der Waals surface area contributed by atoms with Crippen LogP contribution in [0.15, 0.2) is 18.3 Å². The van der Waals surface area contributed by atoms with Crippen LogP contribution in [-0.2, 0) is 11.8 Å². The molecule has 2 aliphatic heterocycles. The van der Waals surface area contributed by atoms with Crippen molar-refractivity contribution in [3.05, 3.63) is 24.0 Å². The van der Waals surface area contributed by atoms with Crippen molar-refractivity contribution in [3.63, 3.8) is 0 Å². The van der Waals surface area contributed by atoms with Crippen molar-refractivity contribution < 1.29 is 9.59 Å². The lowest BCUT2D eigenvalue weighted by Gasteiger charge is -2.17. The molecule has 2 amide bonds. The molecule has 0 bridgehead atoms. The molecule has 1 aromatic rings. The Hall–Kier alpha value is -1.78. The molecular formula is C14H19N3O2. The van der Waals surface area contributed by atoms with Crippen LogP contribution in [0.1, 0.15) is 29.8 Å². The Morgan fingerprint density at radius 3 is 3.00 bits per heavy atom. The average Bonchev–Trinajstić information content (AvgIpc) is 2.92. The summed E-state index contributed by atoms with van der Waals surface area (Å²) in [6.45, 7) is 1.40. The van der Waals surface area contributed by atoms with Gasteiger partial charge in [-0.1, -0.05) is 0 Å². The highest BCUT2D eigenvalue weighted by Gasteiger charge is 2.37. The Labute approximate surface area is 112 Å². The normalized spacial score (nSPS) is 26.8. The van der Waals surface area contributed by atoms with Crippen LogP contribution in [0.25, 0.3) is 0 Å². The van der Waals surface area contributed by atoms with Gasteiger partial charge in [-0.05, 0) is 30.9 Å². The highest BCUT2D eigenvalue weighted by molar-refractivity contribution is 5.93. The molecule has 19 heavy (non-hydrogen) atoms. The summed E-state index contributed by atoms with van der Waals surface area (Å²) in [5, 5.41) is 3.05. The summed E-state index contributed by atoms with van der Waals surface area (Å²) >= 11 is 0. The van der Waals surface area contributed by atoms with Crippen LogP contribution in [0.2, 0.25) is 0 Å². The van der Waals surface area contributed by atoms with Gasteiger partial charge in [-0.3, -0.25) is 9.59 Å². The summed E-state index contributed by atoms with van der Waals surface area (Å²) in [6, 6.07) is 3.86. The fraction of sp³-hybridized carbons (Fsp3) is 0.571. The smallest absolute Gasteiger partial charge is 0.270 e. The maximum Gasteiger partial charge on any atom is 0.270 e. The maximum atomic E-state index is 12.4. The number of rotatable bonds is 1. The van der Waals surface area contributed by atoms with Crippen LogP contribution < -0.4 is 5.32 Å². The van der Waals surface area contributed by atoms with Crippen molar-refractivity contribution in [2.24, 2.45) is 13.0 Å². The number of hydrogen-bond donors (Lipinski definition) is 1. The monoisotopic (exact) mass is 261 g/mol. The molecule has 0 unspecified atom stereocenters. The molecule has 5 heteroatoms. The van der Waals surface area contributed by atoms with E-state index in [2.05, 4.69) is 5.32 Å². The van der Waals surface area contributed by atoms with Crippen molar-refractivity contribution in [3.8, 4) is 0 Å². The van der Waals surface area contributed by atoms with Crippen molar-refractivity contribution in [2.75, 3.05) is 13.1 Å². The summed E-state index contributed by atoms with van der Waals surface area (Å²) in [4.78, 5) is 25.9. The standard InChI is InChI=1S/C14H19N3O2/c1-16-7-3-5-12(16)14(19)17-8-10-4-2-6-13(18)15-11(10)9-17/h3,5,7,10-11H,2,4,6,8-9H2,1H3,(H,15,18)/t10-,11+/m1/s1. The van der Waals surface area contributed by atoms with Gasteiger partial charge in [-0.25, -0.2) is 0 Å². The predicted molar refractivity (Wildman–Crippen MR) is 70.6 cm³/mol. The Morgan fingerprint density at radius 2 is 2.26 bits per heavy atom. The first-order valence-electron chi connectivity index (χ1n) is 6.85. The third kappa shape index (κ3) is 2.25. The number of fused-ring (bicyclic) bond motifs is 1. The lowest BCUT2D eigenvalue weighted by Crippen LogP contribution is -2.39. The molecule has 3 heterocycles. The molecule has 2 aliphatic rings. The minimum Gasteiger partial charge on any atom is -0.351 e. The number of likely N-dealkylation sites (tertiary alicyclic amines) is 1. The van der Waals surface area contributed by atoms with Gasteiger partial charge in [0.05, 0.1) is 6.04 Å². The van der Waals surface area contributed by atoms with E-state index in [0.29, 0.717) is 24.6 Å². The van der Waals surface area contributed by atoms with E-state index in [9.17, 15) is 9.59 Å². The van der Waals surface area contributed by atoms with Gasteiger partial charge < -0.3 is 14.8 Å². The molecule has 2 fully saturated rings. The Bertz CT molecular complexity index is 509. The van der Waals surface area contributed by atoms with E-state index in [1.165, 1.54) is 0 Å². The first-order chi connectivity index (χ1) is 9.15. The Balaban J connectivity index is 1.73. The van der Waals surface area contributed by atoms with Gasteiger partial charge in [0.2, 0.25) is 5.91 Å². The van der Waals surface area contributed by atoms with Crippen LogP contribution >= 0.6 is 0 Å². The highest BCUT2D eigenvalue weighted by Crippen LogP contribution is 2.26. The highest BCUT2D eigenvalue weighted by atomic mass is 16.2. The summed E-state index contributed by atoms with van der Waals surface area (Å²) in [5.41, 5.74) is 0.711. The van der Waals surface area contributed by atoms with Crippen LogP contribution in [-0.4, -0.2) is 40.4 Å². The summed E-state index contributed by atoms with van der Waals surface area (Å²) in [6.07, 6.45) is 4.46. The minimum atomic E-state index is 0.0647. The first kappa shape index (κ1) is 12.3. The third-order valence-corrected chi connectivity index (χ3v) is 4.22. The average molecular weight is 261 g/mol. The van der Waals surface area contributed by atoms with Gasteiger partial charge in [0.25, 0.3) is 5.91 Å². The number of nitrogens with zero attached hydrogens (tertiary/aromatic N) is 2. The predicted octanol–water partition coefficient (Wildman–Crippen LogP) is 0.766. The molecule has 0 radical (unpaired) electrons. The number of carbonyl (C=O) groups excluding carboxylic acids is 2. The van der Waals surface area contributed by atoms with E-state index in [1.807, 2.05) is 34.8 Å². The van der Waals surface area contributed by atoms with Crippen LogP contribution in [0, 0.1) is 5.92 Å². The fourth-order valence-corrected chi connectivity index (χ4v) is 3.14. The van der Waals surface area contributed by atoms with E-state index in [4.69, 9.17) is 0 Å². The maximum absolute atomic E-state index is 12.4. The number of aromatic nitrogens is 1. The number of aryl methyl sites for hydroxylation is 1. The lowest BCUT2D eigenvalue weighted by atomic mass is 9.99. The largest absolute Gasteiger partial charge is 0.351 e. The molecule has 1 aromatic heterocycles. The number of nitrogens with one attached hydrogen (secondary N) is 1. The molecule has 0 aromatic carbocycles. The molecule has 2 saturated heterocycles. The zero-order chi connectivity index (χ0) is 13.4. The van der Waals surface area contributed by atoms with Gasteiger partial charge in [0.15, 0.2) is 0 Å². The van der Waals surface area contributed by atoms with Crippen molar-refractivity contribution in [1.29, 1.82) is 0 Å². The van der Waals surface area contributed by atoms with Crippen LogP contribution in [0.4, 0.5) is 0 Å². The molecular weight excluding hydrogens is 242 g/mol. The quantitative estimate of drug-likeness (QED) is 0.811. The van der Waals surface area contributed by atoms with Gasteiger partial charge in [-0.15, -0.1) is 0 Å². The van der Waals surface area contributed by atoms with Gasteiger partial charge >= 0.3 is 0 Å². The lowest BCUT2D eigenvalue weighted by molar-refractivity contribution is -0.121. The molecule has 5 nitrogen and oxygen atoms in total. The number of hydrogen-bond acceptors (Lipinski definition) is 2. The van der Waals surface area contributed by atoms with Crippen LogP contribution in [0.3, 0.4) is 0 Å². The molecule has 0 spiro atoms. The molecule has 3 rings (SSSR count). The van der Waals surface area contributed by atoms with E-state index < -0.39 is 0 Å². The summed E-state index contributed by atoms with van der Waals surface area (Å²) in [7, 11) is 1.88. The van der Waals surface area contributed by atoms with Crippen molar-refractivity contribution >= 4 is 11.8 Å². The summed E-state index contributed by atoms with van der Waals surface area (Å²) in [5.74, 6) is 0.603. The molecule has 2 atom stereocenters. The summed E-state index contributed by atoms with van der Waals surface area (Å²) < 4.78 is 1.84. The molecule has 0 aliphatic carbocycles. The van der Waals surface area contributed by atoms with E-state index >= 15 is 0 Å². The van der Waals surface area contributed by atoms with E-state index in [1.54, 1.807) is 0 Å². The Kier molecular flexibility index (Phi) is 3.05. The number of amides is 2. The second kappa shape index (κ2) is 4.72. The molecule has 1 N–H and O–H groups in total. The van der Waals surface area contributed by atoms with E-state index in [-0.39, 0.29) is 17.9 Å². The zero-order valence-corrected chi connectivity index (χ0v) is 11.1. The van der Waals surface area contributed by atoms with Gasteiger partial charge in [0, 0.05) is 32.8 Å². The van der Waals surface area contributed by atoms with Crippen LogP contribution in [0.5, 0.6) is 0 Å². The van der Waals surface area contributed by atoms with Gasteiger partial charge in [-0.2, -0.15) is 0 Å². The number of carbonyl (C=O) groups is 2. The fourth-order valence-electron chi connectivity index (χ4n) is 3.14. The van der Waals surface area contributed by atoms with Crippen molar-refractivity contribution in [2.45, 2.75) is 25.3 Å². The first-order valence-corrected chi connectivity index (χ1v) is 6.85. The second-order valence-electron chi connectivity index (χ2n) is 5.54. The molecule has 0 saturated carbocycles. The third-order valence-electron chi connectivity index (χ3n) is 4.22. The topological polar surface area (TPSA) is 54.3 Å².